The van der Waals surface area contributed by atoms with Gasteiger partial charge in [0, 0.05) is 44.2 Å². The standard InChI is InChI=1S/C24H42N2O9/c1-5-26(6-2)16-15-25-23(33)22(35-21(32)14-10-8-12-19(29)30)24(3,4)17-34-20(31)13-9-7-11-18(27)28/h22H,5-17H2,1-4H3,(H,25,33)(H,27,28)(H,29,30). The third kappa shape index (κ3) is 15.8. The Morgan fingerprint density at radius 2 is 1.31 bits per heavy atom. The van der Waals surface area contributed by atoms with Gasteiger partial charge in [0.05, 0.1) is 0 Å². The Morgan fingerprint density at radius 3 is 1.80 bits per heavy atom. The fourth-order valence-electron chi connectivity index (χ4n) is 3.23. The molecule has 1 atom stereocenters. The summed E-state index contributed by atoms with van der Waals surface area (Å²) in [6.07, 6.45) is 0.0562. The van der Waals surface area contributed by atoms with E-state index in [0.717, 1.165) is 13.1 Å². The van der Waals surface area contributed by atoms with Crippen molar-refractivity contribution in [2.75, 3.05) is 32.8 Å². The first-order chi connectivity index (χ1) is 16.4. The minimum absolute atomic E-state index is 0.0308. The van der Waals surface area contributed by atoms with Crippen molar-refractivity contribution < 1.29 is 43.7 Å². The molecule has 35 heavy (non-hydrogen) atoms. The average Bonchev–Trinajstić information content (AvgIpc) is 2.79. The maximum Gasteiger partial charge on any atom is 0.306 e. The van der Waals surface area contributed by atoms with Crippen LogP contribution in [-0.4, -0.2) is 83.8 Å². The summed E-state index contributed by atoms with van der Waals surface area (Å²) in [7, 11) is 0. The van der Waals surface area contributed by atoms with Crippen LogP contribution in [0, 0.1) is 5.41 Å². The van der Waals surface area contributed by atoms with Crippen LogP contribution in [-0.2, 0) is 33.4 Å². The first-order valence-corrected chi connectivity index (χ1v) is 12.2. The molecule has 11 nitrogen and oxygen atoms in total. The van der Waals surface area contributed by atoms with E-state index in [9.17, 15) is 24.0 Å². The summed E-state index contributed by atoms with van der Waals surface area (Å²) in [4.78, 5) is 60.7. The van der Waals surface area contributed by atoms with Gasteiger partial charge in [-0.1, -0.05) is 27.7 Å². The molecule has 0 aliphatic heterocycles. The number of likely N-dealkylation sites (N-methyl/N-ethyl adjacent to an activating group) is 1. The van der Waals surface area contributed by atoms with Crippen molar-refractivity contribution in [2.45, 2.75) is 85.2 Å². The lowest BCUT2D eigenvalue weighted by atomic mass is 9.86. The summed E-state index contributed by atoms with van der Waals surface area (Å²) < 4.78 is 10.8. The van der Waals surface area contributed by atoms with Crippen LogP contribution in [0.1, 0.15) is 79.1 Å². The Hall–Kier alpha value is -2.69. The number of hydrogen-bond donors (Lipinski definition) is 3. The second-order valence-corrected chi connectivity index (χ2v) is 9.04. The van der Waals surface area contributed by atoms with Crippen molar-refractivity contribution in [2.24, 2.45) is 5.41 Å². The monoisotopic (exact) mass is 502 g/mol. The molecule has 0 aromatic rings. The first kappa shape index (κ1) is 32.3. The molecular formula is C24H42N2O9. The van der Waals surface area contributed by atoms with Gasteiger partial charge in [0.15, 0.2) is 6.10 Å². The third-order valence-electron chi connectivity index (χ3n) is 5.47. The predicted octanol–water partition coefficient (Wildman–Crippen LogP) is 2.22. The van der Waals surface area contributed by atoms with Gasteiger partial charge in [-0.15, -0.1) is 0 Å². The van der Waals surface area contributed by atoms with E-state index in [1.54, 1.807) is 13.8 Å². The molecule has 0 fully saturated rings. The van der Waals surface area contributed by atoms with E-state index in [-0.39, 0.29) is 32.3 Å². The molecule has 0 aromatic heterocycles. The summed E-state index contributed by atoms with van der Waals surface area (Å²) >= 11 is 0. The summed E-state index contributed by atoms with van der Waals surface area (Å²) in [6, 6.07) is 0. The van der Waals surface area contributed by atoms with Crippen molar-refractivity contribution in [3.63, 3.8) is 0 Å². The van der Waals surface area contributed by atoms with Crippen LogP contribution < -0.4 is 5.32 Å². The molecule has 0 rings (SSSR count). The molecule has 0 aliphatic carbocycles. The highest BCUT2D eigenvalue weighted by Gasteiger charge is 2.39. The smallest absolute Gasteiger partial charge is 0.306 e. The number of carboxylic acid groups (broad SMARTS) is 2. The zero-order valence-electron chi connectivity index (χ0n) is 21.5. The molecule has 0 saturated carbocycles. The molecule has 0 saturated heterocycles. The van der Waals surface area contributed by atoms with Gasteiger partial charge < -0.3 is 29.9 Å². The van der Waals surface area contributed by atoms with Gasteiger partial charge in [-0.3, -0.25) is 24.0 Å². The quantitative estimate of drug-likeness (QED) is 0.166. The number of unbranched alkanes of at least 4 members (excludes halogenated alkanes) is 2. The zero-order chi connectivity index (χ0) is 26.9. The molecule has 0 aromatic carbocycles. The molecule has 0 bridgehead atoms. The Kier molecular flexibility index (Phi) is 16.3. The maximum absolute atomic E-state index is 12.9. The summed E-state index contributed by atoms with van der Waals surface area (Å²) in [5, 5.41) is 20.2. The molecule has 202 valence electrons. The zero-order valence-corrected chi connectivity index (χ0v) is 21.5. The SMILES string of the molecule is CCN(CC)CCNC(=O)C(OC(=O)CCCCC(=O)O)C(C)(C)COC(=O)CCCCC(=O)O. The van der Waals surface area contributed by atoms with Crippen LogP contribution in [0.15, 0.2) is 0 Å². The van der Waals surface area contributed by atoms with Crippen LogP contribution in [0.5, 0.6) is 0 Å². The van der Waals surface area contributed by atoms with E-state index in [2.05, 4.69) is 10.2 Å². The molecule has 3 N–H and O–H groups in total. The fraction of sp³-hybridized carbons (Fsp3) is 0.792. The first-order valence-electron chi connectivity index (χ1n) is 12.2. The van der Waals surface area contributed by atoms with Gasteiger partial charge in [0.1, 0.15) is 6.61 Å². The van der Waals surface area contributed by atoms with E-state index < -0.39 is 41.3 Å². The molecule has 0 heterocycles. The number of carboxylic acids is 2. The Bertz CT molecular complexity index is 690. The van der Waals surface area contributed by atoms with Crippen LogP contribution in [0.3, 0.4) is 0 Å². The minimum Gasteiger partial charge on any atom is -0.481 e. The highest BCUT2D eigenvalue weighted by atomic mass is 16.6. The Morgan fingerprint density at radius 1 is 0.829 bits per heavy atom. The minimum atomic E-state index is -1.22. The third-order valence-corrected chi connectivity index (χ3v) is 5.47. The van der Waals surface area contributed by atoms with Crippen molar-refractivity contribution in [1.29, 1.82) is 0 Å². The average molecular weight is 503 g/mol. The van der Waals surface area contributed by atoms with Crippen molar-refractivity contribution >= 4 is 29.8 Å². The molecule has 0 spiro atoms. The number of ether oxygens (including phenoxy) is 2. The molecule has 0 radical (unpaired) electrons. The second kappa shape index (κ2) is 17.7. The highest BCUT2D eigenvalue weighted by molar-refractivity contribution is 5.84. The molecular weight excluding hydrogens is 460 g/mol. The molecule has 1 unspecified atom stereocenters. The Balaban J connectivity index is 5.03. The lowest BCUT2D eigenvalue weighted by Gasteiger charge is -2.32. The number of amides is 1. The van der Waals surface area contributed by atoms with E-state index in [1.807, 2.05) is 13.8 Å². The van der Waals surface area contributed by atoms with E-state index in [1.165, 1.54) is 0 Å². The molecule has 11 heteroatoms. The fourth-order valence-corrected chi connectivity index (χ4v) is 3.23. The number of nitrogens with zero attached hydrogens (tertiary/aromatic N) is 1. The van der Waals surface area contributed by atoms with Crippen LogP contribution in [0.25, 0.3) is 0 Å². The number of nitrogens with one attached hydrogen (secondary N) is 1. The number of aliphatic carboxylic acids is 2. The topological polar surface area (TPSA) is 160 Å². The lowest BCUT2D eigenvalue weighted by Crippen LogP contribution is -2.50. The number of hydrogen-bond acceptors (Lipinski definition) is 8. The lowest BCUT2D eigenvalue weighted by molar-refractivity contribution is -0.169. The highest BCUT2D eigenvalue weighted by Crippen LogP contribution is 2.25. The summed E-state index contributed by atoms with van der Waals surface area (Å²) in [5.41, 5.74) is -1.03. The van der Waals surface area contributed by atoms with E-state index in [4.69, 9.17) is 19.7 Å². The number of rotatable bonds is 20. The molecule has 1 amide bonds. The van der Waals surface area contributed by atoms with Crippen molar-refractivity contribution in [1.82, 2.24) is 10.2 Å². The van der Waals surface area contributed by atoms with Gasteiger partial charge in [0.25, 0.3) is 5.91 Å². The van der Waals surface area contributed by atoms with Crippen molar-refractivity contribution in [3.8, 4) is 0 Å². The van der Waals surface area contributed by atoms with Crippen LogP contribution in [0.4, 0.5) is 0 Å². The molecule has 0 aliphatic rings. The Labute approximate surface area is 207 Å². The van der Waals surface area contributed by atoms with Gasteiger partial charge in [-0.25, -0.2) is 0 Å². The summed E-state index contributed by atoms with van der Waals surface area (Å²) in [6.45, 7) is 9.79. The van der Waals surface area contributed by atoms with Gasteiger partial charge in [-0.05, 0) is 38.8 Å². The van der Waals surface area contributed by atoms with Crippen LogP contribution >= 0.6 is 0 Å². The van der Waals surface area contributed by atoms with Crippen molar-refractivity contribution in [3.05, 3.63) is 0 Å². The maximum atomic E-state index is 12.9. The van der Waals surface area contributed by atoms with Gasteiger partial charge in [0.2, 0.25) is 0 Å². The normalized spacial score (nSPS) is 12.1. The largest absolute Gasteiger partial charge is 0.481 e. The van der Waals surface area contributed by atoms with E-state index >= 15 is 0 Å². The predicted molar refractivity (Wildman–Crippen MR) is 128 cm³/mol. The van der Waals surface area contributed by atoms with E-state index in [0.29, 0.717) is 38.8 Å². The number of carbonyl (C=O) groups is 5. The van der Waals surface area contributed by atoms with Crippen LogP contribution in [0.2, 0.25) is 0 Å². The number of carbonyl (C=O) groups excluding carboxylic acids is 3. The second-order valence-electron chi connectivity index (χ2n) is 9.04. The van der Waals surface area contributed by atoms with Gasteiger partial charge >= 0.3 is 23.9 Å². The number of esters is 2. The van der Waals surface area contributed by atoms with Gasteiger partial charge in [-0.2, -0.15) is 0 Å². The summed E-state index contributed by atoms with van der Waals surface area (Å²) in [5.74, 6) is -3.54.